The molecule has 0 aliphatic rings. The van der Waals surface area contributed by atoms with Crippen molar-refractivity contribution in [3.05, 3.63) is 24.0 Å². The molecule has 1 unspecified atom stereocenters. The van der Waals surface area contributed by atoms with E-state index in [-0.39, 0.29) is 0 Å². The van der Waals surface area contributed by atoms with Gasteiger partial charge in [0.2, 0.25) is 0 Å². The van der Waals surface area contributed by atoms with Crippen molar-refractivity contribution in [2.75, 3.05) is 19.1 Å². The van der Waals surface area contributed by atoms with E-state index in [0.717, 1.165) is 34.9 Å². The van der Waals surface area contributed by atoms with Crippen LogP contribution in [0.15, 0.2) is 18.2 Å². The summed E-state index contributed by atoms with van der Waals surface area (Å²) in [4.78, 5) is 4.60. The molecule has 104 valence electrons. The average molecular weight is 299 g/mol. The molecule has 0 aliphatic carbocycles. The van der Waals surface area contributed by atoms with Crippen LogP contribution in [0.4, 0.5) is 0 Å². The Labute approximate surface area is 123 Å². The van der Waals surface area contributed by atoms with Crippen LogP contribution in [0.2, 0.25) is 0 Å². The van der Waals surface area contributed by atoms with Gasteiger partial charge in [0, 0.05) is 12.6 Å². The standard InChI is InChI=1S/C14H19ClN2OS/c1-10(9-19-3)8-17-13-5-4-11(18-2)6-12(13)16-14(17)7-15/h4-6,10H,7-9H2,1-3H3. The number of rotatable bonds is 6. The van der Waals surface area contributed by atoms with Crippen molar-refractivity contribution in [1.82, 2.24) is 9.55 Å². The maximum atomic E-state index is 6.02. The number of hydrogen-bond donors (Lipinski definition) is 0. The lowest BCUT2D eigenvalue weighted by atomic mass is 10.2. The lowest BCUT2D eigenvalue weighted by Gasteiger charge is -2.13. The van der Waals surface area contributed by atoms with Gasteiger partial charge >= 0.3 is 0 Å². The second kappa shape index (κ2) is 6.53. The summed E-state index contributed by atoms with van der Waals surface area (Å²) in [6.07, 6.45) is 2.13. The molecule has 5 heteroatoms. The minimum absolute atomic E-state index is 0.434. The summed E-state index contributed by atoms with van der Waals surface area (Å²) >= 11 is 7.89. The van der Waals surface area contributed by atoms with E-state index in [2.05, 4.69) is 28.8 Å². The largest absolute Gasteiger partial charge is 0.497 e. The maximum Gasteiger partial charge on any atom is 0.124 e. The third-order valence-electron chi connectivity index (χ3n) is 3.10. The molecule has 0 fully saturated rings. The van der Waals surface area contributed by atoms with Gasteiger partial charge in [-0.15, -0.1) is 11.6 Å². The van der Waals surface area contributed by atoms with Crippen molar-refractivity contribution in [3.63, 3.8) is 0 Å². The van der Waals surface area contributed by atoms with Crippen LogP contribution in [0.3, 0.4) is 0 Å². The highest BCUT2D eigenvalue weighted by Crippen LogP contribution is 2.24. The first-order valence-electron chi connectivity index (χ1n) is 6.27. The molecule has 0 radical (unpaired) electrons. The van der Waals surface area contributed by atoms with Crippen LogP contribution >= 0.6 is 23.4 Å². The zero-order chi connectivity index (χ0) is 13.8. The van der Waals surface area contributed by atoms with E-state index >= 15 is 0 Å². The van der Waals surface area contributed by atoms with E-state index in [0.29, 0.717) is 11.8 Å². The number of ether oxygens (including phenoxy) is 1. The number of hydrogen-bond acceptors (Lipinski definition) is 3. The van der Waals surface area contributed by atoms with Crippen molar-refractivity contribution in [2.24, 2.45) is 5.92 Å². The molecule has 0 spiro atoms. The number of thioether (sulfide) groups is 1. The first-order chi connectivity index (χ1) is 9.19. The molecule has 2 aromatic rings. The van der Waals surface area contributed by atoms with Gasteiger partial charge in [0.25, 0.3) is 0 Å². The summed E-state index contributed by atoms with van der Waals surface area (Å²) in [5.74, 6) is 3.92. The van der Waals surface area contributed by atoms with Gasteiger partial charge in [0.15, 0.2) is 0 Å². The number of fused-ring (bicyclic) bond motifs is 1. The van der Waals surface area contributed by atoms with Crippen LogP contribution in [-0.4, -0.2) is 28.7 Å². The summed E-state index contributed by atoms with van der Waals surface area (Å²) in [5.41, 5.74) is 2.08. The molecular weight excluding hydrogens is 280 g/mol. The summed E-state index contributed by atoms with van der Waals surface area (Å²) < 4.78 is 7.46. The molecule has 0 amide bonds. The Kier molecular flexibility index (Phi) is 4.99. The Morgan fingerprint density at radius 3 is 2.89 bits per heavy atom. The van der Waals surface area contributed by atoms with E-state index < -0.39 is 0 Å². The molecular formula is C14H19ClN2OS. The van der Waals surface area contributed by atoms with E-state index in [4.69, 9.17) is 16.3 Å². The van der Waals surface area contributed by atoms with Crippen LogP contribution in [0, 0.1) is 5.92 Å². The first-order valence-corrected chi connectivity index (χ1v) is 8.20. The number of imidazole rings is 1. The number of nitrogens with zero attached hydrogens (tertiary/aromatic N) is 2. The number of halogens is 1. The third-order valence-corrected chi connectivity index (χ3v) is 4.24. The van der Waals surface area contributed by atoms with E-state index in [1.54, 1.807) is 7.11 Å². The lowest BCUT2D eigenvalue weighted by Crippen LogP contribution is -2.12. The summed E-state index contributed by atoms with van der Waals surface area (Å²) in [7, 11) is 1.67. The average Bonchev–Trinajstić information content (AvgIpc) is 2.76. The van der Waals surface area contributed by atoms with Gasteiger partial charge in [-0.25, -0.2) is 4.98 Å². The first kappa shape index (κ1) is 14.5. The van der Waals surface area contributed by atoms with Gasteiger partial charge in [-0.1, -0.05) is 6.92 Å². The maximum absolute atomic E-state index is 6.02. The lowest BCUT2D eigenvalue weighted by molar-refractivity contribution is 0.415. The van der Waals surface area contributed by atoms with Gasteiger partial charge in [-0.05, 0) is 30.1 Å². The molecule has 1 atom stereocenters. The molecule has 3 nitrogen and oxygen atoms in total. The highest BCUT2D eigenvalue weighted by atomic mass is 35.5. The minimum Gasteiger partial charge on any atom is -0.497 e. The molecule has 1 aromatic heterocycles. The van der Waals surface area contributed by atoms with Gasteiger partial charge < -0.3 is 9.30 Å². The number of benzene rings is 1. The Morgan fingerprint density at radius 2 is 2.26 bits per heavy atom. The van der Waals surface area contributed by atoms with Crippen LogP contribution in [-0.2, 0) is 12.4 Å². The second-order valence-electron chi connectivity index (χ2n) is 4.69. The molecule has 19 heavy (non-hydrogen) atoms. The van der Waals surface area contributed by atoms with E-state index in [1.807, 2.05) is 23.9 Å². The summed E-state index contributed by atoms with van der Waals surface area (Å²) in [6.45, 7) is 3.20. The highest BCUT2D eigenvalue weighted by Gasteiger charge is 2.13. The van der Waals surface area contributed by atoms with Gasteiger partial charge in [0.1, 0.15) is 11.6 Å². The smallest absolute Gasteiger partial charge is 0.124 e. The molecule has 0 N–H and O–H groups in total. The second-order valence-corrected chi connectivity index (χ2v) is 5.87. The molecule has 1 aromatic carbocycles. The fourth-order valence-corrected chi connectivity index (χ4v) is 3.12. The topological polar surface area (TPSA) is 27.1 Å². The Morgan fingerprint density at radius 1 is 1.47 bits per heavy atom. The Balaban J connectivity index is 2.40. The SMILES string of the molecule is COc1ccc2c(c1)nc(CCl)n2CC(C)CSC. The zero-order valence-electron chi connectivity index (χ0n) is 11.5. The molecule has 2 rings (SSSR count). The molecule has 0 saturated heterocycles. The fraction of sp³-hybridized carbons (Fsp3) is 0.500. The van der Waals surface area contributed by atoms with E-state index in [1.165, 1.54) is 0 Å². The van der Waals surface area contributed by atoms with Crippen LogP contribution in [0.5, 0.6) is 5.75 Å². The third kappa shape index (κ3) is 3.18. The van der Waals surface area contributed by atoms with Crippen LogP contribution in [0.1, 0.15) is 12.7 Å². The number of methoxy groups -OCH3 is 1. The summed E-state index contributed by atoms with van der Waals surface area (Å²) in [5, 5.41) is 0. The van der Waals surface area contributed by atoms with Crippen LogP contribution < -0.4 is 4.74 Å². The van der Waals surface area contributed by atoms with Crippen molar-refractivity contribution in [2.45, 2.75) is 19.3 Å². The number of aromatic nitrogens is 2. The highest BCUT2D eigenvalue weighted by molar-refractivity contribution is 7.98. The normalized spacial score (nSPS) is 12.8. The molecule has 0 aliphatic heterocycles. The van der Waals surface area contributed by atoms with Crippen molar-refractivity contribution in [1.29, 1.82) is 0 Å². The van der Waals surface area contributed by atoms with Gasteiger partial charge in [-0.2, -0.15) is 11.8 Å². The van der Waals surface area contributed by atoms with Crippen molar-refractivity contribution in [3.8, 4) is 5.75 Å². The quantitative estimate of drug-likeness (QED) is 0.759. The molecule has 1 heterocycles. The van der Waals surface area contributed by atoms with Crippen LogP contribution in [0.25, 0.3) is 11.0 Å². The molecule has 0 bridgehead atoms. The van der Waals surface area contributed by atoms with Gasteiger partial charge in [0.05, 0.1) is 24.0 Å². The number of alkyl halides is 1. The predicted molar refractivity (Wildman–Crippen MR) is 83.4 cm³/mol. The van der Waals surface area contributed by atoms with Gasteiger partial charge in [-0.3, -0.25) is 0 Å². The minimum atomic E-state index is 0.434. The Hall–Kier alpha value is -0.870. The van der Waals surface area contributed by atoms with E-state index in [9.17, 15) is 0 Å². The predicted octanol–water partition coefficient (Wildman–Crippen LogP) is 3.78. The molecule has 0 saturated carbocycles. The van der Waals surface area contributed by atoms with Crippen molar-refractivity contribution < 1.29 is 4.74 Å². The Bertz CT molecular complexity index is 556. The summed E-state index contributed by atoms with van der Waals surface area (Å²) in [6, 6.07) is 5.99. The fourth-order valence-electron chi connectivity index (χ4n) is 2.24. The zero-order valence-corrected chi connectivity index (χ0v) is 13.1. The van der Waals surface area contributed by atoms with Crippen molar-refractivity contribution >= 4 is 34.4 Å². The monoisotopic (exact) mass is 298 g/mol.